The first-order valence-corrected chi connectivity index (χ1v) is 6.28. The van der Waals surface area contributed by atoms with E-state index in [1.807, 2.05) is 26.0 Å². The Bertz CT molecular complexity index is 547. The summed E-state index contributed by atoms with van der Waals surface area (Å²) in [5.74, 6) is 0. The number of hydrogen-bond donors (Lipinski definition) is 1. The molecule has 0 saturated heterocycles. The molecule has 92 valence electrons. The minimum Gasteiger partial charge on any atom is -0.345 e. The third-order valence-corrected chi connectivity index (χ3v) is 3.28. The number of halogens is 1. The Morgan fingerprint density at radius 3 is 2.47 bits per heavy atom. The highest BCUT2D eigenvalue weighted by Gasteiger charge is 2.21. The quantitative estimate of drug-likeness (QED) is 0.856. The topological polar surface area (TPSA) is 30.9 Å². The Hall–Kier alpha value is -0.990. The molecular formula is C14H19ClN2. The van der Waals surface area contributed by atoms with Gasteiger partial charge in [-0.3, -0.25) is 0 Å². The maximum Gasteiger partial charge on any atom is 0.0501 e. The molecule has 0 saturated carbocycles. The molecule has 0 spiro atoms. The second-order valence-corrected chi connectivity index (χ2v) is 5.86. The number of nitrogens with zero attached hydrogens (tertiary/aromatic N) is 1. The third-order valence-electron chi connectivity index (χ3n) is 3.05. The second-order valence-electron chi connectivity index (χ2n) is 5.43. The lowest BCUT2D eigenvalue weighted by Gasteiger charge is -2.17. The summed E-state index contributed by atoms with van der Waals surface area (Å²) in [5, 5.41) is 1.95. The monoisotopic (exact) mass is 250 g/mol. The Labute approximate surface area is 107 Å². The fraction of sp³-hybridized carbons (Fsp3) is 0.429. The van der Waals surface area contributed by atoms with E-state index in [1.165, 1.54) is 5.39 Å². The summed E-state index contributed by atoms with van der Waals surface area (Å²) in [6, 6.07) is 6.38. The molecule has 0 bridgehead atoms. The minimum atomic E-state index is -0.341. The van der Waals surface area contributed by atoms with E-state index >= 15 is 0 Å². The largest absolute Gasteiger partial charge is 0.345 e. The van der Waals surface area contributed by atoms with Crippen molar-refractivity contribution in [2.75, 3.05) is 0 Å². The van der Waals surface area contributed by atoms with Gasteiger partial charge in [-0.05, 0) is 45.4 Å². The second kappa shape index (κ2) is 4.04. The van der Waals surface area contributed by atoms with Crippen molar-refractivity contribution >= 4 is 22.5 Å². The molecule has 0 unspecified atom stereocenters. The fourth-order valence-electron chi connectivity index (χ4n) is 2.17. The molecule has 2 nitrogen and oxygen atoms in total. The predicted octanol–water partition coefficient (Wildman–Crippen LogP) is 4.07. The molecule has 0 aliphatic carbocycles. The van der Waals surface area contributed by atoms with Gasteiger partial charge in [0.25, 0.3) is 0 Å². The minimum absolute atomic E-state index is 0.341. The molecule has 2 aromatic rings. The number of hydrogen-bond acceptors (Lipinski definition) is 1. The number of benzene rings is 1. The molecule has 0 amide bonds. The van der Waals surface area contributed by atoms with Crippen LogP contribution >= 0.6 is 11.6 Å². The lowest BCUT2D eigenvalue weighted by atomic mass is 9.95. The van der Waals surface area contributed by atoms with Crippen LogP contribution in [0.4, 0.5) is 0 Å². The van der Waals surface area contributed by atoms with Crippen LogP contribution in [-0.2, 0) is 5.54 Å². The van der Waals surface area contributed by atoms with Crippen molar-refractivity contribution in [3.05, 3.63) is 35.0 Å². The van der Waals surface area contributed by atoms with E-state index in [2.05, 4.69) is 30.7 Å². The SMILES string of the molecule is CC(C)n1cc(C(C)(C)N)c2ccc(Cl)cc21. The van der Waals surface area contributed by atoms with Crippen molar-refractivity contribution in [3.8, 4) is 0 Å². The molecular weight excluding hydrogens is 232 g/mol. The van der Waals surface area contributed by atoms with Crippen LogP contribution in [0.1, 0.15) is 39.3 Å². The molecule has 1 heterocycles. The van der Waals surface area contributed by atoms with Gasteiger partial charge in [0.15, 0.2) is 0 Å². The summed E-state index contributed by atoms with van der Waals surface area (Å²) in [7, 11) is 0. The summed E-state index contributed by atoms with van der Waals surface area (Å²) < 4.78 is 2.23. The molecule has 0 fully saturated rings. The van der Waals surface area contributed by atoms with Crippen LogP contribution in [0.5, 0.6) is 0 Å². The lowest BCUT2D eigenvalue weighted by molar-refractivity contribution is 0.549. The summed E-state index contributed by atoms with van der Waals surface area (Å²) in [4.78, 5) is 0. The first-order valence-electron chi connectivity index (χ1n) is 5.90. The Balaban J connectivity index is 2.80. The van der Waals surface area contributed by atoms with E-state index in [1.54, 1.807) is 0 Å². The zero-order valence-corrected chi connectivity index (χ0v) is 11.5. The van der Waals surface area contributed by atoms with Crippen molar-refractivity contribution in [2.45, 2.75) is 39.3 Å². The molecule has 0 radical (unpaired) electrons. The van der Waals surface area contributed by atoms with Crippen molar-refractivity contribution < 1.29 is 0 Å². The lowest BCUT2D eigenvalue weighted by Crippen LogP contribution is -2.28. The summed E-state index contributed by atoms with van der Waals surface area (Å²) in [6.45, 7) is 8.38. The van der Waals surface area contributed by atoms with Gasteiger partial charge in [0, 0.05) is 28.2 Å². The first kappa shape index (κ1) is 12.5. The zero-order chi connectivity index (χ0) is 12.8. The first-order chi connectivity index (χ1) is 7.80. The number of aromatic nitrogens is 1. The van der Waals surface area contributed by atoms with Crippen LogP contribution in [0.2, 0.25) is 5.02 Å². The van der Waals surface area contributed by atoms with E-state index in [4.69, 9.17) is 17.3 Å². The van der Waals surface area contributed by atoms with Gasteiger partial charge in [-0.1, -0.05) is 17.7 Å². The van der Waals surface area contributed by atoms with Crippen molar-refractivity contribution in [3.63, 3.8) is 0 Å². The van der Waals surface area contributed by atoms with Gasteiger partial charge in [-0.2, -0.15) is 0 Å². The third kappa shape index (κ3) is 2.20. The Kier molecular flexibility index (Phi) is 2.96. The number of rotatable bonds is 2. The summed E-state index contributed by atoms with van der Waals surface area (Å²) in [6.07, 6.45) is 2.14. The smallest absolute Gasteiger partial charge is 0.0501 e. The van der Waals surface area contributed by atoms with Gasteiger partial charge >= 0.3 is 0 Å². The zero-order valence-electron chi connectivity index (χ0n) is 10.8. The Morgan fingerprint density at radius 2 is 1.94 bits per heavy atom. The van der Waals surface area contributed by atoms with Crippen LogP contribution in [0.3, 0.4) is 0 Å². The number of fused-ring (bicyclic) bond motifs is 1. The van der Waals surface area contributed by atoms with Gasteiger partial charge in [0.2, 0.25) is 0 Å². The molecule has 2 rings (SSSR count). The van der Waals surface area contributed by atoms with Crippen molar-refractivity contribution in [1.29, 1.82) is 0 Å². The van der Waals surface area contributed by atoms with Crippen LogP contribution in [0, 0.1) is 0 Å². The maximum absolute atomic E-state index is 6.23. The van der Waals surface area contributed by atoms with Crippen molar-refractivity contribution in [1.82, 2.24) is 4.57 Å². The van der Waals surface area contributed by atoms with Gasteiger partial charge in [-0.25, -0.2) is 0 Å². The molecule has 2 N–H and O–H groups in total. The summed E-state index contributed by atoms with van der Waals surface area (Å²) in [5.41, 5.74) is 8.21. The van der Waals surface area contributed by atoms with Gasteiger partial charge in [-0.15, -0.1) is 0 Å². The molecule has 1 aromatic heterocycles. The van der Waals surface area contributed by atoms with E-state index in [0.29, 0.717) is 6.04 Å². The van der Waals surface area contributed by atoms with Crippen LogP contribution in [0.25, 0.3) is 10.9 Å². The highest BCUT2D eigenvalue weighted by Crippen LogP contribution is 2.32. The van der Waals surface area contributed by atoms with Crippen molar-refractivity contribution in [2.24, 2.45) is 5.73 Å². The molecule has 0 atom stereocenters. The molecule has 0 aliphatic rings. The predicted molar refractivity (Wildman–Crippen MR) is 74.5 cm³/mol. The Morgan fingerprint density at radius 1 is 1.29 bits per heavy atom. The van der Waals surface area contributed by atoms with E-state index < -0.39 is 0 Å². The van der Waals surface area contributed by atoms with E-state index in [-0.39, 0.29) is 5.54 Å². The average molecular weight is 251 g/mol. The van der Waals surface area contributed by atoms with Crippen LogP contribution < -0.4 is 5.73 Å². The van der Waals surface area contributed by atoms with Gasteiger partial charge < -0.3 is 10.3 Å². The van der Waals surface area contributed by atoms with Gasteiger partial charge in [0.05, 0.1) is 5.52 Å². The molecule has 1 aromatic carbocycles. The summed E-state index contributed by atoms with van der Waals surface area (Å²) >= 11 is 6.07. The van der Waals surface area contributed by atoms with E-state index in [0.717, 1.165) is 16.1 Å². The van der Waals surface area contributed by atoms with Crippen LogP contribution in [0.15, 0.2) is 24.4 Å². The molecule has 17 heavy (non-hydrogen) atoms. The standard InChI is InChI=1S/C14H19ClN2/c1-9(2)17-8-12(14(3,4)16)11-6-5-10(15)7-13(11)17/h5-9H,16H2,1-4H3. The average Bonchev–Trinajstić information content (AvgIpc) is 2.55. The van der Waals surface area contributed by atoms with E-state index in [9.17, 15) is 0 Å². The number of nitrogens with two attached hydrogens (primary N) is 1. The maximum atomic E-state index is 6.23. The molecule has 0 aliphatic heterocycles. The molecule has 3 heteroatoms. The van der Waals surface area contributed by atoms with Gasteiger partial charge in [0.1, 0.15) is 0 Å². The highest BCUT2D eigenvalue weighted by atomic mass is 35.5. The van der Waals surface area contributed by atoms with Crippen LogP contribution in [-0.4, -0.2) is 4.57 Å². The normalized spacial score (nSPS) is 12.6. The fourth-order valence-corrected chi connectivity index (χ4v) is 2.33. The highest BCUT2D eigenvalue weighted by molar-refractivity contribution is 6.31.